The number of halogens is 2. The summed E-state index contributed by atoms with van der Waals surface area (Å²) < 4.78 is 2.63. The number of aryl methyl sites for hydroxylation is 1. The Kier molecular flexibility index (Phi) is 2.61. The van der Waals surface area contributed by atoms with Gasteiger partial charge in [-0.3, -0.25) is 0 Å². The molecule has 0 saturated heterocycles. The molecule has 0 aliphatic heterocycles. The van der Waals surface area contributed by atoms with Gasteiger partial charge in [-0.1, -0.05) is 23.7 Å². The van der Waals surface area contributed by atoms with Crippen LogP contribution >= 0.6 is 27.5 Å². The highest BCUT2D eigenvalue weighted by Gasteiger charge is 2.06. The van der Waals surface area contributed by atoms with E-state index in [1.807, 2.05) is 41.9 Å². The normalized spacial score (nSPS) is 10.5. The van der Waals surface area contributed by atoms with E-state index in [0.717, 1.165) is 16.0 Å². The summed E-state index contributed by atoms with van der Waals surface area (Å²) >= 11 is 9.39. The first-order chi connectivity index (χ1) is 6.68. The Morgan fingerprint density at radius 2 is 2.07 bits per heavy atom. The highest BCUT2D eigenvalue weighted by atomic mass is 79.9. The standard InChI is InChI=1S/C10H8BrClN2/c1-7-6-10(11)13-14(7)9-5-3-2-4-8(9)12/h2-6H,1H3. The van der Waals surface area contributed by atoms with Crippen LogP contribution in [0.4, 0.5) is 0 Å². The summed E-state index contributed by atoms with van der Waals surface area (Å²) in [6.45, 7) is 1.99. The van der Waals surface area contributed by atoms with Crippen LogP contribution in [-0.4, -0.2) is 9.78 Å². The summed E-state index contributed by atoms with van der Waals surface area (Å²) in [4.78, 5) is 0. The summed E-state index contributed by atoms with van der Waals surface area (Å²) in [7, 11) is 0. The Bertz CT molecular complexity index is 465. The van der Waals surface area contributed by atoms with E-state index in [1.54, 1.807) is 0 Å². The highest BCUT2D eigenvalue weighted by Crippen LogP contribution is 2.22. The maximum atomic E-state index is 6.06. The third-order valence-electron chi connectivity index (χ3n) is 1.94. The molecule has 0 saturated carbocycles. The molecule has 72 valence electrons. The van der Waals surface area contributed by atoms with Gasteiger partial charge in [-0.2, -0.15) is 5.10 Å². The maximum absolute atomic E-state index is 6.06. The van der Waals surface area contributed by atoms with Crippen LogP contribution in [0.15, 0.2) is 34.9 Å². The van der Waals surface area contributed by atoms with Crippen molar-refractivity contribution in [2.24, 2.45) is 0 Å². The summed E-state index contributed by atoms with van der Waals surface area (Å²) in [6, 6.07) is 9.58. The fraction of sp³-hybridized carbons (Fsp3) is 0.100. The van der Waals surface area contributed by atoms with Crippen molar-refractivity contribution in [3.8, 4) is 5.69 Å². The fourth-order valence-electron chi connectivity index (χ4n) is 1.30. The quantitative estimate of drug-likeness (QED) is 0.775. The molecule has 14 heavy (non-hydrogen) atoms. The van der Waals surface area contributed by atoms with E-state index in [-0.39, 0.29) is 0 Å². The van der Waals surface area contributed by atoms with Gasteiger partial charge < -0.3 is 0 Å². The fourth-order valence-corrected chi connectivity index (χ4v) is 2.01. The van der Waals surface area contributed by atoms with Crippen molar-refractivity contribution in [3.63, 3.8) is 0 Å². The van der Waals surface area contributed by atoms with Crippen molar-refractivity contribution in [2.45, 2.75) is 6.92 Å². The van der Waals surface area contributed by atoms with E-state index in [9.17, 15) is 0 Å². The molecule has 1 aromatic carbocycles. The largest absolute Gasteiger partial charge is 0.235 e. The molecule has 2 aromatic rings. The Morgan fingerprint density at radius 3 is 2.64 bits per heavy atom. The molecule has 0 amide bonds. The minimum atomic E-state index is 0.700. The Balaban J connectivity index is 2.60. The molecule has 0 radical (unpaired) electrons. The highest BCUT2D eigenvalue weighted by molar-refractivity contribution is 9.10. The van der Waals surface area contributed by atoms with E-state index < -0.39 is 0 Å². The lowest BCUT2D eigenvalue weighted by Crippen LogP contribution is -1.98. The zero-order valence-corrected chi connectivity index (χ0v) is 9.88. The molecule has 0 bridgehead atoms. The average Bonchev–Trinajstić information content (AvgIpc) is 2.46. The van der Waals surface area contributed by atoms with Gasteiger partial charge in [0.05, 0.1) is 10.7 Å². The summed E-state index contributed by atoms with van der Waals surface area (Å²) in [5, 5.41) is 4.99. The van der Waals surface area contributed by atoms with E-state index in [0.29, 0.717) is 5.02 Å². The Hall–Kier alpha value is -0.800. The lowest BCUT2D eigenvalue weighted by Gasteiger charge is -2.05. The van der Waals surface area contributed by atoms with Crippen LogP contribution in [0.1, 0.15) is 5.69 Å². The molecule has 4 heteroatoms. The molecular formula is C10H8BrClN2. The minimum Gasteiger partial charge on any atom is -0.235 e. The van der Waals surface area contributed by atoms with E-state index in [1.165, 1.54) is 0 Å². The molecule has 0 atom stereocenters. The third-order valence-corrected chi connectivity index (χ3v) is 2.65. The lowest BCUT2D eigenvalue weighted by atomic mass is 10.3. The molecule has 0 spiro atoms. The first-order valence-electron chi connectivity index (χ1n) is 4.15. The molecule has 0 N–H and O–H groups in total. The van der Waals surface area contributed by atoms with Crippen LogP contribution in [0.5, 0.6) is 0 Å². The molecule has 2 rings (SSSR count). The first kappa shape index (κ1) is 9.74. The zero-order valence-electron chi connectivity index (χ0n) is 7.54. The van der Waals surface area contributed by atoms with Gasteiger partial charge in [0.15, 0.2) is 0 Å². The number of aromatic nitrogens is 2. The number of nitrogens with zero attached hydrogens (tertiary/aromatic N) is 2. The van der Waals surface area contributed by atoms with Crippen molar-refractivity contribution in [2.75, 3.05) is 0 Å². The number of hydrogen-bond acceptors (Lipinski definition) is 1. The molecule has 0 aliphatic rings. The predicted molar refractivity (Wildman–Crippen MR) is 61.0 cm³/mol. The number of benzene rings is 1. The lowest BCUT2D eigenvalue weighted by molar-refractivity contribution is 0.839. The molecule has 0 aliphatic carbocycles. The van der Waals surface area contributed by atoms with Gasteiger partial charge in [0.1, 0.15) is 4.60 Å². The Labute approximate surface area is 95.6 Å². The van der Waals surface area contributed by atoms with Crippen LogP contribution in [0.3, 0.4) is 0 Å². The van der Waals surface area contributed by atoms with Gasteiger partial charge in [-0.05, 0) is 41.1 Å². The maximum Gasteiger partial charge on any atom is 0.128 e. The molecule has 1 aromatic heterocycles. The van der Waals surface area contributed by atoms with Crippen molar-refractivity contribution >= 4 is 27.5 Å². The molecular weight excluding hydrogens is 263 g/mol. The average molecular weight is 272 g/mol. The molecule has 0 unspecified atom stereocenters. The van der Waals surface area contributed by atoms with Gasteiger partial charge in [0, 0.05) is 5.69 Å². The van der Waals surface area contributed by atoms with Gasteiger partial charge in [0.25, 0.3) is 0 Å². The van der Waals surface area contributed by atoms with Crippen LogP contribution in [0, 0.1) is 6.92 Å². The van der Waals surface area contributed by atoms with Gasteiger partial charge in [-0.15, -0.1) is 0 Å². The second kappa shape index (κ2) is 3.75. The predicted octanol–water partition coefficient (Wildman–Crippen LogP) is 3.60. The van der Waals surface area contributed by atoms with Crippen LogP contribution in [0.2, 0.25) is 5.02 Å². The summed E-state index contributed by atoms with van der Waals surface area (Å²) in [6.07, 6.45) is 0. The summed E-state index contributed by atoms with van der Waals surface area (Å²) in [5.74, 6) is 0. The van der Waals surface area contributed by atoms with Crippen LogP contribution in [0.25, 0.3) is 5.69 Å². The molecule has 0 fully saturated rings. The molecule has 2 nitrogen and oxygen atoms in total. The van der Waals surface area contributed by atoms with Crippen molar-refractivity contribution in [1.82, 2.24) is 9.78 Å². The molecule has 1 heterocycles. The topological polar surface area (TPSA) is 17.8 Å². The van der Waals surface area contributed by atoms with Gasteiger partial charge in [-0.25, -0.2) is 4.68 Å². The second-order valence-corrected chi connectivity index (χ2v) is 4.19. The number of rotatable bonds is 1. The van der Waals surface area contributed by atoms with Crippen molar-refractivity contribution < 1.29 is 0 Å². The number of hydrogen-bond donors (Lipinski definition) is 0. The van der Waals surface area contributed by atoms with E-state index in [2.05, 4.69) is 21.0 Å². The van der Waals surface area contributed by atoms with Crippen LogP contribution < -0.4 is 0 Å². The monoisotopic (exact) mass is 270 g/mol. The summed E-state index contributed by atoms with van der Waals surface area (Å²) in [5.41, 5.74) is 1.95. The van der Waals surface area contributed by atoms with Crippen molar-refractivity contribution in [1.29, 1.82) is 0 Å². The van der Waals surface area contributed by atoms with Crippen molar-refractivity contribution in [3.05, 3.63) is 45.7 Å². The second-order valence-electron chi connectivity index (χ2n) is 2.97. The zero-order chi connectivity index (χ0) is 10.1. The minimum absolute atomic E-state index is 0.700. The number of para-hydroxylation sites is 1. The third kappa shape index (κ3) is 1.70. The van der Waals surface area contributed by atoms with E-state index >= 15 is 0 Å². The first-order valence-corrected chi connectivity index (χ1v) is 5.32. The van der Waals surface area contributed by atoms with E-state index in [4.69, 9.17) is 11.6 Å². The smallest absolute Gasteiger partial charge is 0.128 e. The SMILES string of the molecule is Cc1cc(Br)nn1-c1ccccc1Cl. The van der Waals surface area contributed by atoms with Gasteiger partial charge in [0.2, 0.25) is 0 Å². The van der Waals surface area contributed by atoms with Gasteiger partial charge >= 0.3 is 0 Å². The van der Waals surface area contributed by atoms with Crippen LogP contribution in [-0.2, 0) is 0 Å². The Morgan fingerprint density at radius 1 is 1.36 bits per heavy atom.